The molecule has 1 fully saturated rings. The summed E-state index contributed by atoms with van der Waals surface area (Å²) in [4.78, 5) is 15.9. The first-order valence-corrected chi connectivity index (χ1v) is 7.63. The molecule has 1 saturated heterocycles. The number of piperidine rings is 1. The lowest BCUT2D eigenvalue weighted by atomic mass is 9.96. The highest BCUT2D eigenvalue weighted by Crippen LogP contribution is 2.21. The molecule has 0 bridgehead atoms. The fraction of sp³-hybridized carbons (Fsp3) is 0.471. The fourth-order valence-corrected chi connectivity index (χ4v) is 2.93. The van der Waals surface area contributed by atoms with Crippen molar-refractivity contribution in [2.75, 3.05) is 26.2 Å². The number of nitrogens with zero attached hydrogens (tertiary/aromatic N) is 4. The molecule has 0 aromatic heterocycles. The van der Waals surface area contributed by atoms with E-state index in [0.717, 1.165) is 24.9 Å². The molecule has 2 rings (SSSR count). The molecule has 5 nitrogen and oxygen atoms in total. The van der Waals surface area contributed by atoms with Gasteiger partial charge in [0.25, 0.3) is 0 Å². The van der Waals surface area contributed by atoms with Gasteiger partial charge in [-0.1, -0.05) is 12.1 Å². The van der Waals surface area contributed by atoms with E-state index in [0.29, 0.717) is 13.1 Å². The number of nitriles is 2. The number of halogens is 1. The number of hydrogen-bond donors (Lipinski definition) is 0. The van der Waals surface area contributed by atoms with Crippen molar-refractivity contribution < 1.29 is 9.18 Å². The summed E-state index contributed by atoms with van der Waals surface area (Å²) in [5.41, 5.74) is 0.879. The van der Waals surface area contributed by atoms with Gasteiger partial charge in [0.1, 0.15) is 18.9 Å². The zero-order chi connectivity index (χ0) is 16.7. The van der Waals surface area contributed by atoms with Crippen LogP contribution in [-0.2, 0) is 11.3 Å². The molecule has 1 aliphatic rings. The van der Waals surface area contributed by atoms with Crippen molar-refractivity contribution in [3.8, 4) is 12.1 Å². The Hall–Kier alpha value is -2.44. The quantitative estimate of drug-likeness (QED) is 0.778. The average Bonchev–Trinajstić information content (AvgIpc) is 2.54. The minimum absolute atomic E-state index is 0.0627. The van der Waals surface area contributed by atoms with E-state index < -0.39 is 0 Å². The van der Waals surface area contributed by atoms with Crippen LogP contribution in [0.15, 0.2) is 24.3 Å². The van der Waals surface area contributed by atoms with Crippen LogP contribution in [0.3, 0.4) is 0 Å². The van der Waals surface area contributed by atoms with Gasteiger partial charge >= 0.3 is 0 Å². The van der Waals surface area contributed by atoms with E-state index in [2.05, 4.69) is 4.90 Å². The molecule has 0 spiro atoms. The Kier molecular flexibility index (Phi) is 6.08. The first-order chi connectivity index (χ1) is 11.1. The molecule has 0 saturated carbocycles. The second-order valence-corrected chi connectivity index (χ2v) is 5.71. The van der Waals surface area contributed by atoms with E-state index in [9.17, 15) is 9.18 Å². The number of carbonyl (C=O) groups excluding carboxylic acids is 1. The molecule has 6 heteroatoms. The number of hydrogen-bond acceptors (Lipinski definition) is 4. The zero-order valence-corrected chi connectivity index (χ0v) is 12.9. The van der Waals surface area contributed by atoms with Crippen LogP contribution in [0, 0.1) is 34.4 Å². The summed E-state index contributed by atoms with van der Waals surface area (Å²) >= 11 is 0. The summed E-state index contributed by atoms with van der Waals surface area (Å²) in [5, 5.41) is 17.6. The van der Waals surface area contributed by atoms with E-state index in [1.165, 1.54) is 17.0 Å². The highest BCUT2D eigenvalue weighted by atomic mass is 19.1. The molecule has 1 aromatic carbocycles. The smallest absolute Gasteiger partial charge is 0.228 e. The number of rotatable bonds is 5. The topological polar surface area (TPSA) is 71.1 Å². The summed E-state index contributed by atoms with van der Waals surface area (Å²) in [6.07, 6.45) is 1.63. The number of likely N-dealkylation sites (tertiary alicyclic amines) is 1. The van der Waals surface area contributed by atoms with Gasteiger partial charge in [-0.15, -0.1) is 0 Å². The number of amides is 1. The highest BCUT2D eigenvalue weighted by molar-refractivity contribution is 5.79. The molecule has 0 unspecified atom stereocenters. The lowest BCUT2D eigenvalue weighted by Gasteiger charge is -2.33. The normalized spacial score (nSPS) is 18.0. The Balaban J connectivity index is 1.98. The Morgan fingerprint density at radius 1 is 1.35 bits per heavy atom. The molecular formula is C17H19FN4O. The van der Waals surface area contributed by atoms with Crippen LogP contribution in [0.5, 0.6) is 0 Å². The maximum atomic E-state index is 13.3. The average molecular weight is 314 g/mol. The molecule has 1 atom stereocenters. The highest BCUT2D eigenvalue weighted by Gasteiger charge is 2.29. The standard InChI is InChI=1S/C17H19FN4O/c18-16-5-1-3-14(11-16)12-21-8-2-4-15(13-21)17(23)22(9-6-19)10-7-20/h1,3,5,11,15H,2,4,8-10,12-13H2/t15-/m1/s1. The molecule has 120 valence electrons. The van der Waals surface area contributed by atoms with Crippen molar-refractivity contribution in [2.24, 2.45) is 5.92 Å². The molecule has 0 aliphatic carbocycles. The van der Waals surface area contributed by atoms with Crippen molar-refractivity contribution in [3.63, 3.8) is 0 Å². The predicted molar refractivity (Wildman–Crippen MR) is 82.2 cm³/mol. The maximum Gasteiger partial charge on any atom is 0.228 e. The molecule has 0 radical (unpaired) electrons. The second-order valence-electron chi connectivity index (χ2n) is 5.71. The van der Waals surface area contributed by atoms with Gasteiger partial charge < -0.3 is 4.90 Å². The van der Waals surface area contributed by atoms with Crippen LogP contribution >= 0.6 is 0 Å². The van der Waals surface area contributed by atoms with Crippen LogP contribution in [0.2, 0.25) is 0 Å². The Morgan fingerprint density at radius 3 is 2.74 bits per heavy atom. The minimum atomic E-state index is -0.263. The summed E-state index contributed by atoms with van der Waals surface area (Å²) in [6.45, 7) is 1.90. The number of carbonyl (C=O) groups is 1. The van der Waals surface area contributed by atoms with Crippen molar-refractivity contribution in [1.82, 2.24) is 9.80 Å². The Labute approximate surface area is 135 Å². The molecule has 23 heavy (non-hydrogen) atoms. The Bertz CT molecular complexity index is 618. The number of benzene rings is 1. The van der Waals surface area contributed by atoms with E-state index in [-0.39, 0.29) is 30.7 Å². The summed E-state index contributed by atoms with van der Waals surface area (Å²) in [7, 11) is 0. The molecule has 1 heterocycles. The summed E-state index contributed by atoms with van der Waals surface area (Å²) in [5.74, 6) is -0.614. The summed E-state index contributed by atoms with van der Waals surface area (Å²) < 4.78 is 13.3. The summed E-state index contributed by atoms with van der Waals surface area (Å²) in [6, 6.07) is 10.3. The predicted octanol–water partition coefficient (Wildman–Crippen LogP) is 1.91. The van der Waals surface area contributed by atoms with Crippen molar-refractivity contribution in [1.29, 1.82) is 10.5 Å². The SMILES string of the molecule is N#CCN(CC#N)C(=O)[C@@H]1CCCN(Cc2cccc(F)c2)C1. The molecule has 0 N–H and O–H groups in total. The largest absolute Gasteiger partial charge is 0.316 e. The third-order valence-electron chi connectivity index (χ3n) is 3.98. The van der Waals surface area contributed by atoms with Gasteiger partial charge in [0, 0.05) is 13.1 Å². The fourth-order valence-electron chi connectivity index (χ4n) is 2.93. The van der Waals surface area contributed by atoms with E-state index in [1.807, 2.05) is 18.2 Å². The second kappa shape index (κ2) is 8.26. The van der Waals surface area contributed by atoms with Crippen LogP contribution in [0.1, 0.15) is 18.4 Å². The van der Waals surface area contributed by atoms with Gasteiger partial charge in [0.2, 0.25) is 5.91 Å². The van der Waals surface area contributed by atoms with Crippen molar-refractivity contribution in [2.45, 2.75) is 19.4 Å². The van der Waals surface area contributed by atoms with Gasteiger partial charge in [-0.25, -0.2) is 4.39 Å². The zero-order valence-electron chi connectivity index (χ0n) is 12.9. The van der Waals surface area contributed by atoms with Gasteiger partial charge in [-0.2, -0.15) is 10.5 Å². The van der Waals surface area contributed by atoms with Gasteiger partial charge in [0.05, 0.1) is 18.1 Å². The lowest BCUT2D eigenvalue weighted by Crippen LogP contribution is -2.44. The third-order valence-corrected chi connectivity index (χ3v) is 3.98. The van der Waals surface area contributed by atoms with Gasteiger partial charge in [0.15, 0.2) is 0 Å². The van der Waals surface area contributed by atoms with E-state index >= 15 is 0 Å². The first kappa shape index (κ1) is 16.9. The first-order valence-electron chi connectivity index (χ1n) is 7.63. The van der Waals surface area contributed by atoms with Crippen LogP contribution in [0.4, 0.5) is 4.39 Å². The third kappa shape index (κ3) is 4.77. The molecular weight excluding hydrogens is 295 g/mol. The van der Waals surface area contributed by atoms with Crippen LogP contribution < -0.4 is 0 Å². The van der Waals surface area contributed by atoms with Crippen molar-refractivity contribution in [3.05, 3.63) is 35.6 Å². The lowest BCUT2D eigenvalue weighted by molar-refractivity contribution is -0.136. The van der Waals surface area contributed by atoms with Crippen LogP contribution in [-0.4, -0.2) is 41.9 Å². The van der Waals surface area contributed by atoms with E-state index in [4.69, 9.17) is 10.5 Å². The monoisotopic (exact) mass is 314 g/mol. The van der Waals surface area contributed by atoms with Crippen LogP contribution in [0.25, 0.3) is 0 Å². The maximum absolute atomic E-state index is 13.3. The molecule has 1 aliphatic heterocycles. The van der Waals surface area contributed by atoms with Gasteiger partial charge in [-0.3, -0.25) is 9.69 Å². The minimum Gasteiger partial charge on any atom is -0.316 e. The Morgan fingerprint density at radius 2 is 2.09 bits per heavy atom. The van der Waals surface area contributed by atoms with E-state index in [1.54, 1.807) is 6.07 Å². The van der Waals surface area contributed by atoms with Crippen molar-refractivity contribution >= 4 is 5.91 Å². The van der Waals surface area contributed by atoms with Gasteiger partial charge in [-0.05, 0) is 37.1 Å². The molecule has 1 amide bonds. The molecule has 1 aromatic rings.